The van der Waals surface area contributed by atoms with E-state index in [1.807, 2.05) is 18.2 Å². The second kappa shape index (κ2) is 7.98. The molecule has 3 N–H and O–H groups in total. The minimum Gasteiger partial charge on any atom is -0.497 e. The van der Waals surface area contributed by atoms with Gasteiger partial charge in [0, 0.05) is 18.8 Å². The number of amides is 1. The number of nitrogens with two attached hydrogens (primary N) is 1. The summed E-state index contributed by atoms with van der Waals surface area (Å²) in [6, 6.07) is 12.1. The molecule has 0 saturated carbocycles. The summed E-state index contributed by atoms with van der Waals surface area (Å²) in [7, 11) is -2.06. The number of sulfonamides is 1. The smallest absolute Gasteiger partial charge is 0.239 e. The Hall–Kier alpha value is -2.58. The monoisotopic (exact) mass is 389 g/mol. The fraction of sp³-hybridized carbons (Fsp3) is 0.316. The van der Waals surface area contributed by atoms with Crippen molar-refractivity contribution >= 4 is 21.6 Å². The van der Waals surface area contributed by atoms with Gasteiger partial charge in [-0.25, -0.2) is 13.6 Å². The normalized spacial score (nSPS) is 13.8. The standard InChI is InChI=1S/C19H23N3O4S/c1-26-16-6-9-18-15(11-16)3-2-10-22(18)13-19(23)21-12-14-4-7-17(8-5-14)27(20,24)25/h4-9,11H,2-3,10,12-13H2,1H3,(H,21,23)(H2,20,24,25). The van der Waals surface area contributed by atoms with Gasteiger partial charge < -0.3 is 15.0 Å². The third-order valence-electron chi connectivity index (χ3n) is 4.58. The Kier molecular flexibility index (Phi) is 5.67. The zero-order valence-electron chi connectivity index (χ0n) is 15.1. The van der Waals surface area contributed by atoms with E-state index in [0.29, 0.717) is 6.54 Å². The van der Waals surface area contributed by atoms with Crippen LogP contribution in [0, 0.1) is 0 Å². The van der Waals surface area contributed by atoms with Gasteiger partial charge in [-0.1, -0.05) is 12.1 Å². The molecule has 7 nitrogen and oxygen atoms in total. The van der Waals surface area contributed by atoms with E-state index in [2.05, 4.69) is 10.2 Å². The van der Waals surface area contributed by atoms with Gasteiger partial charge in [-0.15, -0.1) is 0 Å². The predicted octanol–water partition coefficient (Wildman–Crippen LogP) is 1.41. The van der Waals surface area contributed by atoms with Crippen LogP contribution in [-0.4, -0.2) is 34.5 Å². The van der Waals surface area contributed by atoms with E-state index in [9.17, 15) is 13.2 Å². The maximum absolute atomic E-state index is 12.4. The number of anilines is 1. The van der Waals surface area contributed by atoms with Crippen LogP contribution in [0.25, 0.3) is 0 Å². The van der Waals surface area contributed by atoms with Gasteiger partial charge in [-0.3, -0.25) is 4.79 Å². The molecule has 0 spiro atoms. The third-order valence-corrected chi connectivity index (χ3v) is 5.51. The maximum Gasteiger partial charge on any atom is 0.239 e. The average Bonchev–Trinajstić information content (AvgIpc) is 2.66. The molecule has 1 aliphatic rings. The summed E-state index contributed by atoms with van der Waals surface area (Å²) >= 11 is 0. The molecule has 2 aromatic carbocycles. The van der Waals surface area contributed by atoms with E-state index < -0.39 is 10.0 Å². The van der Waals surface area contributed by atoms with E-state index >= 15 is 0 Å². The van der Waals surface area contributed by atoms with Crippen molar-refractivity contribution in [2.45, 2.75) is 24.3 Å². The third kappa shape index (κ3) is 4.78. The second-order valence-corrected chi connectivity index (χ2v) is 8.05. The SMILES string of the molecule is COc1ccc2c(c1)CCCN2CC(=O)NCc1ccc(S(N)(=O)=O)cc1. The summed E-state index contributed by atoms with van der Waals surface area (Å²) in [6.45, 7) is 1.43. The van der Waals surface area contributed by atoms with Crippen molar-refractivity contribution in [1.82, 2.24) is 5.32 Å². The summed E-state index contributed by atoms with van der Waals surface area (Å²) in [5.41, 5.74) is 3.06. The minimum absolute atomic E-state index is 0.0536. The molecule has 0 aromatic heterocycles. The first kappa shape index (κ1) is 19.2. The van der Waals surface area contributed by atoms with Crippen molar-refractivity contribution in [3.8, 4) is 5.75 Å². The quantitative estimate of drug-likeness (QED) is 0.778. The Morgan fingerprint density at radius 3 is 2.63 bits per heavy atom. The van der Waals surface area contributed by atoms with Crippen LogP contribution in [0.5, 0.6) is 5.75 Å². The molecule has 144 valence electrons. The number of carbonyl (C=O) groups is 1. The van der Waals surface area contributed by atoms with Crippen LogP contribution in [0.2, 0.25) is 0 Å². The number of primary sulfonamides is 1. The van der Waals surface area contributed by atoms with Crippen LogP contribution in [0.1, 0.15) is 17.5 Å². The maximum atomic E-state index is 12.4. The van der Waals surface area contributed by atoms with Gasteiger partial charge in [0.2, 0.25) is 15.9 Å². The van der Waals surface area contributed by atoms with E-state index in [1.165, 1.54) is 17.7 Å². The Bertz CT molecular complexity index is 926. The first-order valence-corrected chi connectivity index (χ1v) is 10.2. The molecule has 0 fully saturated rings. The fourth-order valence-electron chi connectivity index (χ4n) is 3.17. The lowest BCUT2D eigenvalue weighted by molar-refractivity contribution is -0.119. The summed E-state index contributed by atoms with van der Waals surface area (Å²) in [6.07, 6.45) is 1.96. The molecular formula is C19H23N3O4S. The lowest BCUT2D eigenvalue weighted by Crippen LogP contribution is -2.39. The van der Waals surface area contributed by atoms with Gasteiger partial charge in [0.15, 0.2) is 0 Å². The number of ether oxygens (including phenoxy) is 1. The molecule has 0 aliphatic carbocycles. The predicted molar refractivity (Wildman–Crippen MR) is 103 cm³/mol. The molecule has 27 heavy (non-hydrogen) atoms. The molecule has 1 aliphatic heterocycles. The van der Waals surface area contributed by atoms with Gasteiger partial charge in [0.05, 0.1) is 18.6 Å². The Morgan fingerprint density at radius 1 is 1.22 bits per heavy atom. The summed E-state index contributed by atoms with van der Waals surface area (Å²) in [4.78, 5) is 14.5. The number of benzene rings is 2. The zero-order chi connectivity index (χ0) is 19.4. The van der Waals surface area contributed by atoms with Gasteiger partial charge in [-0.05, 0) is 54.3 Å². The summed E-state index contributed by atoms with van der Waals surface area (Å²) in [5, 5.41) is 7.95. The van der Waals surface area contributed by atoms with Crippen molar-refractivity contribution in [1.29, 1.82) is 0 Å². The molecule has 3 rings (SSSR count). The molecule has 0 saturated heterocycles. The largest absolute Gasteiger partial charge is 0.497 e. The van der Waals surface area contributed by atoms with Crippen molar-refractivity contribution < 1.29 is 17.9 Å². The highest BCUT2D eigenvalue weighted by molar-refractivity contribution is 7.89. The highest BCUT2D eigenvalue weighted by Crippen LogP contribution is 2.30. The lowest BCUT2D eigenvalue weighted by Gasteiger charge is -2.31. The van der Waals surface area contributed by atoms with Crippen LogP contribution >= 0.6 is 0 Å². The highest BCUT2D eigenvalue weighted by Gasteiger charge is 2.19. The molecule has 1 amide bonds. The number of hydrogen-bond acceptors (Lipinski definition) is 5. The molecule has 0 atom stereocenters. The Balaban J connectivity index is 1.59. The topological polar surface area (TPSA) is 102 Å². The van der Waals surface area contributed by atoms with Crippen LogP contribution in [0.3, 0.4) is 0 Å². The molecule has 8 heteroatoms. The first-order chi connectivity index (χ1) is 12.9. The number of aryl methyl sites for hydroxylation is 1. The summed E-state index contributed by atoms with van der Waals surface area (Å²) < 4.78 is 27.8. The zero-order valence-corrected chi connectivity index (χ0v) is 16.0. The van der Waals surface area contributed by atoms with E-state index in [1.54, 1.807) is 19.2 Å². The number of nitrogens with zero attached hydrogens (tertiary/aromatic N) is 1. The molecule has 2 aromatic rings. The van der Waals surface area contributed by atoms with Crippen LogP contribution < -0.4 is 20.1 Å². The number of carbonyl (C=O) groups excluding carboxylic acids is 1. The summed E-state index contributed by atoms with van der Waals surface area (Å²) in [5.74, 6) is 0.734. The number of nitrogens with one attached hydrogen (secondary N) is 1. The van der Waals surface area contributed by atoms with Crippen molar-refractivity contribution in [2.75, 3.05) is 25.1 Å². The van der Waals surface area contributed by atoms with Crippen LogP contribution in [0.15, 0.2) is 47.4 Å². The average molecular weight is 389 g/mol. The van der Waals surface area contributed by atoms with Gasteiger partial charge >= 0.3 is 0 Å². The molecule has 0 bridgehead atoms. The van der Waals surface area contributed by atoms with Crippen LogP contribution in [0.4, 0.5) is 5.69 Å². The van der Waals surface area contributed by atoms with Crippen molar-refractivity contribution in [3.63, 3.8) is 0 Å². The number of methoxy groups -OCH3 is 1. The van der Waals surface area contributed by atoms with Crippen molar-refractivity contribution in [3.05, 3.63) is 53.6 Å². The number of fused-ring (bicyclic) bond motifs is 1. The van der Waals surface area contributed by atoms with E-state index in [4.69, 9.17) is 9.88 Å². The highest BCUT2D eigenvalue weighted by atomic mass is 32.2. The Labute approximate surface area is 159 Å². The fourth-order valence-corrected chi connectivity index (χ4v) is 3.68. The molecular weight excluding hydrogens is 366 g/mol. The van der Waals surface area contributed by atoms with Gasteiger partial charge in [0.1, 0.15) is 5.75 Å². The second-order valence-electron chi connectivity index (χ2n) is 6.49. The molecule has 0 radical (unpaired) electrons. The first-order valence-electron chi connectivity index (χ1n) is 8.67. The molecule has 0 unspecified atom stereocenters. The number of rotatable bonds is 6. The van der Waals surface area contributed by atoms with E-state index in [0.717, 1.165) is 36.4 Å². The van der Waals surface area contributed by atoms with E-state index in [-0.39, 0.29) is 17.3 Å². The van der Waals surface area contributed by atoms with Crippen LogP contribution in [-0.2, 0) is 27.8 Å². The van der Waals surface area contributed by atoms with Gasteiger partial charge in [0.25, 0.3) is 0 Å². The minimum atomic E-state index is -3.71. The Morgan fingerprint density at radius 2 is 1.96 bits per heavy atom. The van der Waals surface area contributed by atoms with Crippen molar-refractivity contribution in [2.24, 2.45) is 5.14 Å². The molecule has 1 heterocycles. The number of hydrogen-bond donors (Lipinski definition) is 2. The lowest BCUT2D eigenvalue weighted by atomic mass is 10.0. The van der Waals surface area contributed by atoms with Gasteiger partial charge in [-0.2, -0.15) is 0 Å².